The largest absolute Gasteiger partial charge is 0.481 e. The summed E-state index contributed by atoms with van der Waals surface area (Å²) in [7, 11) is 0. The fourth-order valence-electron chi connectivity index (χ4n) is 2.72. The minimum Gasteiger partial charge on any atom is -0.481 e. The quantitative estimate of drug-likeness (QED) is 0.908. The molecule has 1 fully saturated rings. The molecule has 110 valence electrons. The Hall–Kier alpha value is -2.21. The number of benzene rings is 1. The Bertz CT molecular complexity index is 612. The lowest BCUT2D eigenvalue weighted by Crippen LogP contribution is -2.30. The van der Waals surface area contributed by atoms with E-state index in [1.165, 1.54) is 0 Å². The lowest BCUT2D eigenvalue weighted by Gasteiger charge is -2.20. The monoisotopic (exact) mass is 287 g/mol. The third-order valence-electron chi connectivity index (χ3n) is 3.74. The van der Waals surface area contributed by atoms with Crippen molar-refractivity contribution in [2.45, 2.75) is 31.8 Å². The second-order valence-electron chi connectivity index (χ2n) is 5.23. The molecule has 2 aromatic rings. The maximum atomic E-state index is 10.9. The number of likely N-dealkylation sites (tertiary alicyclic amines) is 1. The third-order valence-corrected chi connectivity index (χ3v) is 3.74. The summed E-state index contributed by atoms with van der Waals surface area (Å²) in [4.78, 5) is 13.0. The maximum absolute atomic E-state index is 10.9. The zero-order valence-electron chi connectivity index (χ0n) is 11.6. The van der Waals surface area contributed by atoms with E-state index in [4.69, 9.17) is 9.52 Å². The molecule has 6 nitrogen and oxygen atoms in total. The van der Waals surface area contributed by atoms with E-state index in [2.05, 4.69) is 15.1 Å². The molecular formula is C15H17N3O3. The van der Waals surface area contributed by atoms with Crippen molar-refractivity contribution in [1.29, 1.82) is 0 Å². The number of carboxylic acids is 1. The van der Waals surface area contributed by atoms with Crippen molar-refractivity contribution in [3.8, 4) is 11.5 Å². The van der Waals surface area contributed by atoms with Crippen molar-refractivity contribution in [3.63, 3.8) is 0 Å². The fourth-order valence-corrected chi connectivity index (χ4v) is 2.72. The van der Waals surface area contributed by atoms with Crippen LogP contribution in [0.25, 0.3) is 11.5 Å². The minimum absolute atomic E-state index is 0.0644. The number of carbonyl (C=O) groups is 1. The normalized spacial score (nSPS) is 19.0. The molecule has 1 aliphatic heterocycles. The summed E-state index contributed by atoms with van der Waals surface area (Å²) in [5.41, 5.74) is 0.889. The highest BCUT2D eigenvalue weighted by atomic mass is 16.4. The second-order valence-corrected chi connectivity index (χ2v) is 5.23. The smallest absolute Gasteiger partial charge is 0.304 e. The van der Waals surface area contributed by atoms with Gasteiger partial charge in [0.15, 0.2) is 0 Å². The molecule has 1 aromatic carbocycles. The predicted molar refractivity (Wildman–Crippen MR) is 75.4 cm³/mol. The van der Waals surface area contributed by atoms with Crippen LogP contribution in [0.15, 0.2) is 34.7 Å². The van der Waals surface area contributed by atoms with Gasteiger partial charge in [0.25, 0.3) is 0 Å². The highest BCUT2D eigenvalue weighted by Crippen LogP contribution is 2.23. The number of carboxylic acid groups (broad SMARTS) is 1. The molecule has 1 N–H and O–H groups in total. The van der Waals surface area contributed by atoms with E-state index in [1.807, 2.05) is 30.3 Å². The molecule has 0 bridgehead atoms. The van der Waals surface area contributed by atoms with Gasteiger partial charge < -0.3 is 9.52 Å². The molecule has 3 rings (SSSR count). The van der Waals surface area contributed by atoms with E-state index < -0.39 is 5.97 Å². The summed E-state index contributed by atoms with van der Waals surface area (Å²) >= 11 is 0. The van der Waals surface area contributed by atoms with E-state index in [0.717, 1.165) is 24.9 Å². The summed E-state index contributed by atoms with van der Waals surface area (Å²) in [6.45, 7) is 1.39. The van der Waals surface area contributed by atoms with Crippen molar-refractivity contribution in [2.75, 3.05) is 6.54 Å². The molecule has 0 saturated carbocycles. The molecule has 1 aliphatic rings. The summed E-state index contributed by atoms with van der Waals surface area (Å²) in [5.74, 6) is 0.271. The molecule has 0 aliphatic carbocycles. The zero-order valence-corrected chi connectivity index (χ0v) is 11.6. The van der Waals surface area contributed by atoms with Crippen molar-refractivity contribution in [1.82, 2.24) is 15.1 Å². The second kappa shape index (κ2) is 6.05. The highest BCUT2D eigenvalue weighted by Gasteiger charge is 2.27. The molecule has 21 heavy (non-hydrogen) atoms. The lowest BCUT2D eigenvalue weighted by atomic mass is 10.1. The van der Waals surface area contributed by atoms with Crippen LogP contribution in [-0.4, -0.2) is 38.8 Å². The number of hydrogen-bond acceptors (Lipinski definition) is 5. The number of aliphatic carboxylic acids is 1. The standard InChI is InChI=1S/C15H17N3O3/c19-14(20)9-12-7-4-8-18(12)10-13-16-17-15(21-13)11-5-2-1-3-6-11/h1-3,5-6,12H,4,7-10H2,(H,19,20). The van der Waals surface area contributed by atoms with E-state index in [1.54, 1.807) is 0 Å². The van der Waals surface area contributed by atoms with Crippen molar-refractivity contribution in [2.24, 2.45) is 0 Å². The molecule has 1 aromatic heterocycles. The van der Waals surface area contributed by atoms with Gasteiger partial charge in [0.2, 0.25) is 11.8 Å². The summed E-state index contributed by atoms with van der Waals surface area (Å²) in [5, 5.41) is 17.1. The van der Waals surface area contributed by atoms with Gasteiger partial charge in [0.1, 0.15) is 0 Å². The highest BCUT2D eigenvalue weighted by molar-refractivity contribution is 5.67. The van der Waals surface area contributed by atoms with Crippen molar-refractivity contribution in [3.05, 3.63) is 36.2 Å². The van der Waals surface area contributed by atoms with Crippen LogP contribution >= 0.6 is 0 Å². The first-order chi connectivity index (χ1) is 10.2. The summed E-state index contributed by atoms with van der Waals surface area (Å²) < 4.78 is 5.67. The Morgan fingerprint density at radius 1 is 1.33 bits per heavy atom. The van der Waals surface area contributed by atoms with Crippen LogP contribution in [0.3, 0.4) is 0 Å². The van der Waals surface area contributed by atoms with E-state index >= 15 is 0 Å². The van der Waals surface area contributed by atoms with Gasteiger partial charge in [-0.2, -0.15) is 0 Å². The van der Waals surface area contributed by atoms with Gasteiger partial charge in [-0.15, -0.1) is 10.2 Å². The molecule has 0 amide bonds. The number of rotatable bonds is 5. The lowest BCUT2D eigenvalue weighted by molar-refractivity contribution is -0.138. The van der Waals surface area contributed by atoms with Crippen LogP contribution in [0, 0.1) is 0 Å². The molecule has 0 spiro atoms. The first kappa shape index (κ1) is 13.8. The van der Waals surface area contributed by atoms with Gasteiger partial charge in [-0.25, -0.2) is 0 Å². The molecule has 1 saturated heterocycles. The van der Waals surface area contributed by atoms with Gasteiger partial charge in [-0.3, -0.25) is 9.69 Å². The Balaban J connectivity index is 1.68. The molecule has 0 radical (unpaired) electrons. The predicted octanol–water partition coefficient (Wildman–Crippen LogP) is 2.18. The zero-order chi connectivity index (χ0) is 14.7. The third kappa shape index (κ3) is 3.28. The average Bonchev–Trinajstić information content (AvgIpc) is 3.10. The molecule has 1 atom stereocenters. The molecular weight excluding hydrogens is 270 g/mol. The van der Waals surface area contributed by atoms with Crippen molar-refractivity contribution < 1.29 is 14.3 Å². The summed E-state index contributed by atoms with van der Waals surface area (Å²) in [6, 6.07) is 9.67. The number of aromatic nitrogens is 2. The number of hydrogen-bond donors (Lipinski definition) is 1. The van der Waals surface area contributed by atoms with Crippen LogP contribution in [0.2, 0.25) is 0 Å². The molecule has 2 heterocycles. The van der Waals surface area contributed by atoms with Crippen LogP contribution < -0.4 is 0 Å². The first-order valence-corrected chi connectivity index (χ1v) is 7.06. The SMILES string of the molecule is O=C(O)CC1CCCN1Cc1nnc(-c2ccccc2)o1. The van der Waals surface area contributed by atoms with Crippen LogP contribution in [0.5, 0.6) is 0 Å². The van der Waals surface area contributed by atoms with Crippen LogP contribution in [0.4, 0.5) is 0 Å². The maximum Gasteiger partial charge on any atom is 0.304 e. The first-order valence-electron chi connectivity index (χ1n) is 7.06. The van der Waals surface area contributed by atoms with Gasteiger partial charge in [0, 0.05) is 11.6 Å². The van der Waals surface area contributed by atoms with E-state index in [9.17, 15) is 4.79 Å². The fraction of sp³-hybridized carbons (Fsp3) is 0.400. The Morgan fingerprint density at radius 3 is 2.90 bits per heavy atom. The number of nitrogens with zero attached hydrogens (tertiary/aromatic N) is 3. The van der Waals surface area contributed by atoms with Gasteiger partial charge in [0.05, 0.1) is 13.0 Å². The van der Waals surface area contributed by atoms with E-state index in [-0.39, 0.29) is 12.5 Å². The molecule has 6 heteroatoms. The minimum atomic E-state index is -0.762. The average molecular weight is 287 g/mol. The summed E-state index contributed by atoms with van der Waals surface area (Å²) in [6.07, 6.45) is 2.09. The Morgan fingerprint density at radius 2 is 2.14 bits per heavy atom. The van der Waals surface area contributed by atoms with E-state index in [0.29, 0.717) is 18.3 Å². The van der Waals surface area contributed by atoms with Crippen LogP contribution in [-0.2, 0) is 11.3 Å². The van der Waals surface area contributed by atoms with Crippen LogP contribution in [0.1, 0.15) is 25.2 Å². The van der Waals surface area contributed by atoms with Gasteiger partial charge in [-0.1, -0.05) is 18.2 Å². The van der Waals surface area contributed by atoms with Crippen molar-refractivity contribution >= 4 is 5.97 Å². The van der Waals surface area contributed by atoms with Gasteiger partial charge >= 0.3 is 5.97 Å². The van der Waals surface area contributed by atoms with Gasteiger partial charge in [-0.05, 0) is 31.5 Å². The Kier molecular flexibility index (Phi) is 3.96. The topological polar surface area (TPSA) is 79.5 Å². The molecule has 1 unspecified atom stereocenters. The Labute approximate surface area is 122 Å².